The van der Waals surface area contributed by atoms with Crippen molar-refractivity contribution in [2.45, 2.75) is 44.2 Å². The van der Waals surface area contributed by atoms with Crippen LogP contribution in [0, 0.1) is 11.7 Å². The van der Waals surface area contributed by atoms with Crippen LogP contribution in [-0.4, -0.2) is 32.4 Å². The molecule has 0 aliphatic heterocycles. The summed E-state index contributed by atoms with van der Waals surface area (Å²) in [6.45, 7) is 4.80. The summed E-state index contributed by atoms with van der Waals surface area (Å²) < 4.78 is 40.1. The van der Waals surface area contributed by atoms with E-state index >= 15 is 0 Å². The minimum Gasteiger partial charge on any atom is -0.310 e. The number of nitrogens with zero attached hydrogens (tertiary/aromatic N) is 1. The highest BCUT2D eigenvalue weighted by molar-refractivity contribution is 7.89. The van der Waals surface area contributed by atoms with E-state index in [9.17, 15) is 12.8 Å². The van der Waals surface area contributed by atoms with Crippen molar-refractivity contribution >= 4 is 10.0 Å². The zero-order chi connectivity index (χ0) is 15.6. The molecule has 4 nitrogen and oxygen atoms in total. The van der Waals surface area contributed by atoms with Crippen molar-refractivity contribution in [1.29, 1.82) is 0 Å². The van der Waals surface area contributed by atoms with Crippen molar-refractivity contribution in [2.75, 3.05) is 13.6 Å². The van der Waals surface area contributed by atoms with Gasteiger partial charge in [-0.05, 0) is 36.5 Å². The zero-order valence-electron chi connectivity index (χ0n) is 12.8. The molecule has 0 unspecified atom stereocenters. The van der Waals surface area contributed by atoms with Crippen LogP contribution >= 0.6 is 0 Å². The first-order valence-corrected chi connectivity index (χ1v) is 8.73. The highest BCUT2D eigenvalue weighted by atomic mass is 32.2. The van der Waals surface area contributed by atoms with Crippen LogP contribution in [-0.2, 0) is 16.6 Å². The Morgan fingerprint density at radius 2 is 2.05 bits per heavy atom. The van der Waals surface area contributed by atoms with Gasteiger partial charge in [-0.2, -0.15) is 0 Å². The minimum absolute atomic E-state index is 0.188. The molecular formula is C15H23FN2O2S. The van der Waals surface area contributed by atoms with E-state index in [2.05, 4.69) is 5.32 Å². The molecule has 0 atom stereocenters. The Bertz CT molecular complexity index is 598. The van der Waals surface area contributed by atoms with E-state index in [4.69, 9.17) is 0 Å². The number of nitrogens with one attached hydrogen (secondary N) is 1. The van der Waals surface area contributed by atoms with Crippen molar-refractivity contribution in [1.82, 2.24) is 9.62 Å². The zero-order valence-corrected chi connectivity index (χ0v) is 13.6. The maximum Gasteiger partial charge on any atom is 0.245 e. The fourth-order valence-corrected chi connectivity index (χ4v) is 3.63. The number of benzene rings is 1. The van der Waals surface area contributed by atoms with Crippen LogP contribution in [0.1, 0.15) is 32.3 Å². The molecule has 1 aromatic carbocycles. The Balaban J connectivity index is 2.21. The monoisotopic (exact) mass is 314 g/mol. The van der Waals surface area contributed by atoms with Crippen LogP contribution in [0.25, 0.3) is 0 Å². The second kappa shape index (κ2) is 6.42. The van der Waals surface area contributed by atoms with E-state index in [1.165, 1.54) is 23.5 Å². The first-order valence-electron chi connectivity index (χ1n) is 7.29. The topological polar surface area (TPSA) is 49.4 Å². The highest BCUT2D eigenvalue weighted by Crippen LogP contribution is 2.22. The van der Waals surface area contributed by atoms with Crippen LogP contribution in [0.2, 0.25) is 0 Å². The average molecular weight is 314 g/mol. The lowest BCUT2D eigenvalue weighted by molar-refractivity contribution is 0.414. The third-order valence-corrected chi connectivity index (χ3v) is 5.32. The first kappa shape index (κ1) is 16.4. The van der Waals surface area contributed by atoms with Gasteiger partial charge in [-0.15, -0.1) is 0 Å². The summed E-state index contributed by atoms with van der Waals surface area (Å²) in [5.41, 5.74) is 0.792. The fraction of sp³-hybridized carbons (Fsp3) is 0.600. The number of sulfonamides is 1. The minimum atomic E-state index is -3.78. The normalized spacial score (nSPS) is 15.9. The van der Waals surface area contributed by atoms with E-state index in [0.29, 0.717) is 19.1 Å². The summed E-state index contributed by atoms with van der Waals surface area (Å²) in [7, 11) is -2.29. The van der Waals surface area contributed by atoms with Gasteiger partial charge in [-0.1, -0.05) is 19.9 Å². The lowest BCUT2D eigenvalue weighted by Gasteiger charge is -2.20. The molecule has 1 saturated carbocycles. The number of hydrogen-bond donors (Lipinski definition) is 1. The molecule has 0 radical (unpaired) electrons. The van der Waals surface area contributed by atoms with Gasteiger partial charge in [-0.3, -0.25) is 0 Å². The van der Waals surface area contributed by atoms with E-state index in [1.807, 2.05) is 13.8 Å². The Morgan fingerprint density at radius 1 is 1.38 bits per heavy atom. The molecule has 21 heavy (non-hydrogen) atoms. The first-order chi connectivity index (χ1) is 9.80. The molecule has 0 saturated heterocycles. The van der Waals surface area contributed by atoms with Gasteiger partial charge >= 0.3 is 0 Å². The number of halogens is 1. The van der Waals surface area contributed by atoms with Gasteiger partial charge in [0.15, 0.2) is 0 Å². The summed E-state index contributed by atoms with van der Waals surface area (Å²) in [4.78, 5) is -0.235. The molecule has 0 spiro atoms. The average Bonchev–Trinajstić information content (AvgIpc) is 3.20. The lowest BCUT2D eigenvalue weighted by Crippen LogP contribution is -2.31. The summed E-state index contributed by atoms with van der Waals surface area (Å²) >= 11 is 0. The molecule has 1 aliphatic rings. The van der Waals surface area contributed by atoms with Crippen LogP contribution in [0.4, 0.5) is 4.39 Å². The Kier molecular flexibility index (Phi) is 5.01. The lowest BCUT2D eigenvalue weighted by atomic mass is 10.2. The van der Waals surface area contributed by atoms with E-state index < -0.39 is 15.8 Å². The third kappa shape index (κ3) is 4.25. The van der Waals surface area contributed by atoms with Crippen LogP contribution in [0.5, 0.6) is 0 Å². The van der Waals surface area contributed by atoms with Gasteiger partial charge in [0.05, 0.1) is 0 Å². The molecule has 0 amide bonds. The van der Waals surface area contributed by atoms with E-state index in [0.717, 1.165) is 18.4 Å². The SMILES string of the molecule is CC(C)CN(C)S(=O)(=O)c1cc(CNC2CC2)ccc1F. The molecule has 1 fully saturated rings. The molecule has 6 heteroatoms. The van der Waals surface area contributed by atoms with Gasteiger partial charge in [0, 0.05) is 26.2 Å². The highest BCUT2D eigenvalue weighted by Gasteiger charge is 2.26. The molecule has 0 heterocycles. The second-order valence-corrected chi connectivity index (χ2v) is 8.11. The van der Waals surface area contributed by atoms with Crippen molar-refractivity contribution in [3.05, 3.63) is 29.6 Å². The molecule has 1 aromatic rings. The molecule has 0 bridgehead atoms. The summed E-state index contributed by atoms with van der Waals surface area (Å²) in [6.07, 6.45) is 2.31. The third-order valence-electron chi connectivity index (χ3n) is 3.48. The van der Waals surface area contributed by atoms with Gasteiger partial charge in [0.25, 0.3) is 0 Å². The molecule has 2 rings (SSSR count). The standard InChI is InChI=1S/C15H23FN2O2S/c1-11(2)10-18(3)21(19,20)15-8-12(4-7-14(15)16)9-17-13-5-6-13/h4,7-8,11,13,17H,5-6,9-10H2,1-3H3. The van der Waals surface area contributed by atoms with Crippen LogP contribution in [0.15, 0.2) is 23.1 Å². The predicted octanol–water partition coefficient (Wildman–Crippen LogP) is 2.35. The Hall–Kier alpha value is -0.980. The summed E-state index contributed by atoms with van der Waals surface area (Å²) in [5.74, 6) is -0.506. The van der Waals surface area contributed by atoms with Crippen molar-refractivity contribution in [2.24, 2.45) is 5.92 Å². The van der Waals surface area contributed by atoms with Gasteiger partial charge in [-0.25, -0.2) is 17.1 Å². The van der Waals surface area contributed by atoms with Crippen LogP contribution < -0.4 is 5.32 Å². The molecule has 1 N–H and O–H groups in total. The van der Waals surface area contributed by atoms with Crippen molar-refractivity contribution < 1.29 is 12.8 Å². The van der Waals surface area contributed by atoms with Crippen LogP contribution in [0.3, 0.4) is 0 Å². The quantitative estimate of drug-likeness (QED) is 0.840. The summed E-state index contributed by atoms with van der Waals surface area (Å²) in [5, 5.41) is 3.30. The fourth-order valence-electron chi connectivity index (χ4n) is 2.19. The molecule has 1 aliphatic carbocycles. The van der Waals surface area contributed by atoms with Gasteiger partial charge < -0.3 is 5.32 Å². The Morgan fingerprint density at radius 3 is 2.62 bits per heavy atom. The van der Waals surface area contributed by atoms with Gasteiger partial charge in [0.2, 0.25) is 10.0 Å². The van der Waals surface area contributed by atoms with Gasteiger partial charge in [0.1, 0.15) is 10.7 Å². The number of hydrogen-bond acceptors (Lipinski definition) is 3. The predicted molar refractivity (Wildman–Crippen MR) is 80.9 cm³/mol. The maximum atomic E-state index is 13.9. The Labute approximate surface area is 126 Å². The molecular weight excluding hydrogens is 291 g/mol. The summed E-state index contributed by atoms with van der Waals surface area (Å²) in [6, 6.07) is 4.84. The number of rotatable bonds is 7. The maximum absolute atomic E-state index is 13.9. The second-order valence-electron chi connectivity index (χ2n) is 6.10. The molecule has 0 aromatic heterocycles. The van der Waals surface area contributed by atoms with E-state index in [1.54, 1.807) is 6.07 Å². The van der Waals surface area contributed by atoms with E-state index in [-0.39, 0.29) is 10.8 Å². The smallest absolute Gasteiger partial charge is 0.245 e. The van der Waals surface area contributed by atoms with Crippen molar-refractivity contribution in [3.63, 3.8) is 0 Å². The molecule has 118 valence electrons. The van der Waals surface area contributed by atoms with Crippen molar-refractivity contribution in [3.8, 4) is 0 Å². The largest absolute Gasteiger partial charge is 0.310 e.